The molecule has 0 radical (unpaired) electrons. The van der Waals surface area contributed by atoms with Crippen LogP contribution in [-0.4, -0.2) is 54.8 Å². The Balaban J connectivity index is 1.50. The van der Waals surface area contributed by atoms with Crippen LogP contribution in [0.1, 0.15) is 5.82 Å². The van der Waals surface area contributed by atoms with E-state index in [-0.39, 0.29) is 0 Å². The Morgan fingerprint density at radius 2 is 2.00 bits per heavy atom. The van der Waals surface area contributed by atoms with Gasteiger partial charge in [-0.1, -0.05) is 6.07 Å². The summed E-state index contributed by atoms with van der Waals surface area (Å²) in [4.78, 5) is 13.3. The Morgan fingerprint density at radius 1 is 1.17 bits per heavy atom. The normalized spacial score (nSPS) is 15.5. The minimum atomic E-state index is 0.790. The number of aromatic nitrogens is 2. The van der Waals surface area contributed by atoms with Gasteiger partial charge < -0.3 is 15.0 Å². The summed E-state index contributed by atoms with van der Waals surface area (Å²) >= 11 is 0. The lowest BCUT2D eigenvalue weighted by molar-refractivity contribution is 0.274. The molecule has 1 aliphatic heterocycles. The molecule has 0 aliphatic carbocycles. The van der Waals surface area contributed by atoms with E-state index in [1.165, 1.54) is 5.69 Å². The maximum atomic E-state index is 5.30. The van der Waals surface area contributed by atoms with Gasteiger partial charge >= 0.3 is 0 Å². The molecule has 1 fully saturated rings. The number of nitrogens with zero attached hydrogens (tertiary/aromatic N) is 4. The smallest absolute Gasteiger partial charge is 0.130 e. The largest absolute Gasteiger partial charge is 0.497 e. The number of piperazine rings is 1. The second-order valence-corrected chi connectivity index (χ2v) is 5.63. The van der Waals surface area contributed by atoms with Crippen LogP contribution in [0.4, 0.5) is 11.5 Å². The molecule has 0 bridgehead atoms. The summed E-state index contributed by atoms with van der Waals surface area (Å²) in [6.07, 6.45) is 1.78. The molecule has 0 amide bonds. The lowest BCUT2D eigenvalue weighted by atomic mass is 10.2. The first-order valence-corrected chi connectivity index (χ1v) is 7.89. The summed E-state index contributed by atoms with van der Waals surface area (Å²) in [5.41, 5.74) is 1.23. The molecule has 23 heavy (non-hydrogen) atoms. The third kappa shape index (κ3) is 4.10. The molecule has 3 rings (SSSR count). The number of rotatable bonds is 5. The fourth-order valence-corrected chi connectivity index (χ4v) is 2.72. The first kappa shape index (κ1) is 15.6. The second-order valence-electron chi connectivity index (χ2n) is 5.63. The van der Waals surface area contributed by atoms with Crippen LogP contribution in [0.2, 0.25) is 0 Å². The highest BCUT2D eigenvalue weighted by atomic mass is 16.5. The lowest BCUT2D eigenvalue weighted by Crippen LogP contribution is -2.48. The van der Waals surface area contributed by atoms with Crippen molar-refractivity contribution in [2.45, 2.75) is 6.92 Å². The molecule has 2 aromatic rings. The van der Waals surface area contributed by atoms with Gasteiger partial charge in [-0.05, 0) is 25.1 Å². The molecule has 122 valence electrons. The molecule has 0 unspecified atom stereocenters. The maximum Gasteiger partial charge on any atom is 0.130 e. The molecular formula is C17H23N5O. The van der Waals surface area contributed by atoms with E-state index in [2.05, 4.69) is 37.2 Å². The van der Waals surface area contributed by atoms with E-state index < -0.39 is 0 Å². The third-order valence-electron chi connectivity index (χ3n) is 4.05. The fourth-order valence-electron chi connectivity index (χ4n) is 2.72. The van der Waals surface area contributed by atoms with Crippen LogP contribution >= 0.6 is 0 Å². The summed E-state index contributed by atoms with van der Waals surface area (Å²) in [6, 6.07) is 10.2. The van der Waals surface area contributed by atoms with Crippen LogP contribution < -0.4 is 15.0 Å². The maximum absolute atomic E-state index is 5.30. The number of nitrogens with one attached hydrogen (secondary N) is 1. The van der Waals surface area contributed by atoms with Crippen molar-refractivity contribution in [2.75, 3.05) is 50.2 Å². The van der Waals surface area contributed by atoms with Gasteiger partial charge in [0, 0.05) is 44.1 Å². The number of benzene rings is 1. The van der Waals surface area contributed by atoms with E-state index in [0.29, 0.717) is 0 Å². The average Bonchev–Trinajstić information content (AvgIpc) is 2.60. The number of ether oxygens (including phenoxy) is 1. The number of methoxy groups -OCH3 is 1. The molecule has 6 nitrogen and oxygen atoms in total. The van der Waals surface area contributed by atoms with Crippen LogP contribution in [0.3, 0.4) is 0 Å². The summed E-state index contributed by atoms with van der Waals surface area (Å²) in [7, 11) is 1.71. The molecule has 1 aromatic heterocycles. The van der Waals surface area contributed by atoms with Crippen molar-refractivity contribution in [3.05, 3.63) is 42.4 Å². The highest BCUT2D eigenvalue weighted by Gasteiger charge is 2.17. The quantitative estimate of drug-likeness (QED) is 0.911. The van der Waals surface area contributed by atoms with Gasteiger partial charge in [0.2, 0.25) is 0 Å². The van der Waals surface area contributed by atoms with Crippen LogP contribution in [-0.2, 0) is 0 Å². The standard InChI is InChI=1S/C17H23N5O/c1-14-18-7-6-17(20-14)19-13-21-8-10-22(11-9-21)15-4-3-5-16(12-15)23-2/h3-7,12H,8-11,13H2,1-2H3,(H,18,19,20). The van der Waals surface area contributed by atoms with E-state index in [1.807, 2.05) is 25.1 Å². The predicted octanol–water partition coefficient (Wildman–Crippen LogP) is 1.99. The second kappa shape index (κ2) is 7.28. The minimum absolute atomic E-state index is 0.790. The van der Waals surface area contributed by atoms with E-state index in [9.17, 15) is 0 Å². The summed E-state index contributed by atoms with van der Waals surface area (Å²) < 4.78 is 5.30. The van der Waals surface area contributed by atoms with Crippen LogP contribution in [0, 0.1) is 6.92 Å². The Morgan fingerprint density at radius 3 is 2.74 bits per heavy atom. The predicted molar refractivity (Wildman–Crippen MR) is 92.0 cm³/mol. The average molecular weight is 313 g/mol. The third-order valence-corrected chi connectivity index (χ3v) is 4.05. The Hall–Kier alpha value is -2.34. The van der Waals surface area contributed by atoms with E-state index in [0.717, 1.165) is 50.2 Å². The molecule has 2 heterocycles. The zero-order valence-electron chi connectivity index (χ0n) is 13.7. The van der Waals surface area contributed by atoms with Gasteiger partial charge in [-0.2, -0.15) is 0 Å². The van der Waals surface area contributed by atoms with Crippen molar-refractivity contribution in [2.24, 2.45) is 0 Å². The van der Waals surface area contributed by atoms with Gasteiger partial charge in [-0.15, -0.1) is 0 Å². The first-order chi connectivity index (χ1) is 11.2. The van der Waals surface area contributed by atoms with Crippen LogP contribution in [0.5, 0.6) is 5.75 Å². The Labute approximate surface area is 137 Å². The topological polar surface area (TPSA) is 53.5 Å². The zero-order chi connectivity index (χ0) is 16.1. The van der Waals surface area contributed by atoms with Crippen molar-refractivity contribution in [3.63, 3.8) is 0 Å². The number of hydrogen-bond donors (Lipinski definition) is 1. The van der Waals surface area contributed by atoms with Crippen molar-refractivity contribution in [3.8, 4) is 5.75 Å². The van der Waals surface area contributed by atoms with Crippen molar-refractivity contribution < 1.29 is 4.74 Å². The van der Waals surface area contributed by atoms with Crippen LogP contribution in [0.25, 0.3) is 0 Å². The van der Waals surface area contributed by atoms with E-state index in [1.54, 1.807) is 13.3 Å². The SMILES string of the molecule is COc1cccc(N2CCN(CNc3ccnc(C)n3)CC2)c1. The Kier molecular flexibility index (Phi) is 4.92. The monoisotopic (exact) mass is 313 g/mol. The lowest BCUT2D eigenvalue weighted by Gasteiger charge is -2.36. The molecule has 6 heteroatoms. The van der Waals surface area contributed by atoms with Gasteiger partial charge in [0.15, 0.2) is 0 Å². The minimum Gasteiger partial charge on any atom is -0.497 e. The Bertz CT molecular complexity index is 640. The molecule has 0 atom stereocenters. The summed E-state index contributed by atoms with van der Waals surface area (Å²) in [5, 5.41) is 3.36. The van der Waals surface area contributed by atoms with Crippen molar-refractivity contribution in [1.82, 2.24) is 14.9 Å². The highest BCUT2D eigenvalue weighted by molar-refractivity contribution is 5.51. The number of anilines is 2. The van der Waals surface area contributed by atoms with Gasteiger partial charge in [-0.3, -0.25) is 4.90 Å². The summed E-state index contributed by atoms with van der Waals surface area (Å²) in [5.74, 6) is 2.58. The molecule has 0 saturated carbocycles. The highest BCUT2D eigenvalue weighted by Crippen LogP contribution is 2.22. The van der Waals surface area contributed by atoms with Crippen molar-refractivity contribution in [1.29, 1.82) is 0 Å². The molecule has 1 aliphatic rings. The molecule has 1 N–H and O–H groups in total. The summed E-state index contributed by atoms with van der Waals surface area (Å²) in [6.45, 7) is 6.78. The van der Waals surface area contributed by atoms with E-state index in [4.69, 9.17) is 4.74 Å². The van der Waals surface area contributed by atoms with Gasteiger partial charge in [0.05, 0.1) is 13.8 Å². The molecule has 0 spiro atoms. The van der Waals surface area contributed by atoms with Gasteiger partial charge in [-0.25, -0.2) is 9.97 Å². The molecule has 1 aromatic carbocycles. The fraction of sp³-hybridized carbons (Fsp3) is 0.412. The molecule has 1 saturated heterocycles. The molecular weight excluding hydrogens is 290 g/mol. The van der Waals surface area contributed by atoms with Gasteiger partial charge in [0.25, 0.3) is 0 Å². The zero-order valence-corrected chi connectivity index (χ0v) is 13.7. The van der Waals surface area contributed by atoms with E-state index >= 15 is 0 Å². The number of aryl methyl sites for hydroxylation is 1. The van der Waals surface area contributed by atoms with Crippen LogP contribution in [0.15, 0.2) is 36.5 Å². The van der Waals surface area contributed by atoms with Gasteiger partial charge in [0.1, 0.15) is 17.4 Å². The first-order valence-electron chi connectivity index (χ1n) is 7.89. The van der Waals surface area contributed by atoms with Crippen molar-refractivity contribution >= 4 is 11.5 Å². The number of hydrogen-bond acceptors (Lipinski definition) is 6.